The molecule has 0 saturated carbocycles. The van der Waals surface area contributed by atoms with Crippen LogP contribution in [-0.2, 0) is 0 Å². The first kappa shape index (κ1) is 11.5. The Morgan fingerprint density at radius 1 is 1.17 bits per heavy atom. The second-order valence-corrected chi connectivity index (χ2v) is 3.18. The maximum Gasteiger partial charge on any atom is 0.117 e. The maximum absolute atomic E-state index is 9.60. The van der Waals surface area contributed by atoms with Crippen LogP contribution in [0.1, 0.15) is 46.5 Å². The number of aliphatic hydroxyl groups is 1. The normalized spacial score (nSPS) is 12.4. The minimum absolute atomic E-state index is 0.382. The topological polar surface area (TPSA) is 20.2 Å². The Kier molecular flexibility index (Phi) is 6.90. The van der Waals surface area contributed by atoms with Crippen molar-refractivity contribution in [1.29, 1.82) is 0 Å². The van der Waals surface area contributed by atoms with Gasteiger partial charge in [0.15, 0.2) is 0 Å². The molecule has 0 aromatic carbocycles. The fraction of sp³-hybridized carbons (Fsp3) is 0.818. The summed E-state index contributed by atoms with van der Waals surface area (Å²) in [4.78, 5) is 0. The number of hydrogen-bond donors (Lipinski definition) is 1. The van der Waals surface area contributed by atoms with Gasteiger partial charge in [-0.05, 0) is 25.7 Å². The Labute approximate surface area is 76.2 Å². The van der Waals surface area contributed by atoms with E-state index in [4.69, 9.17) is 0 Å². The van der Waals surface area contributed by atoms with Crippen LogP contribution < -0.4 is 0 Å². The van der Waals surface area contributed by atoms with Crippen LogP contribution in [0.25, 0.3) is 0 Å². The van der Waals surface area contributed by atoms with Gasteiger partial charge in [0.1, 0.15) is 6.10 Å². The predicted octanol–water partition coefficient (Wildman–Crippen LogP) is 2.59. The zero-order valence-corrected chi connectivity index (χ0v) is 8.43. The average Bonchev–Trinajstić information content (AvgIpc) is 2.04. The molecule has 70 valence electrons. The van der Waals surface area contributed by atoms with Gasteiger partial charge >= 0.3 is 0 Å². The van der Waals surface area contributed by atoms with Crippen molar-refractivity contribution in [3.05, 3.63) is 0 Å². The molecule has 1 unspecified atom stereocenters. The summed E-state index contributed by atoms with van der Waals surface area (Å²) in [6, 6.07) is 0. The molecule has 0 aromatic rings. The molecular weight excluding hydrogens is 148 g/mol. The van der Waals surface area contributed by atoms with Crippen LogP contribution in [0.5, 0.6) is 0 Å². The molecule has 12 heavy (non-hydrogen) atoms. The van der Waals surface area contributed by atoms with Gasteiger partial charge in [-0.25, -0.2) is 0 Å². The van der Waals surface area contributed by atoms with Gasteiger partial charge in [-0.3, -0.25) is 0 Å². The molecule has 0 saturated heterocycles. The minimum atomic E-state index is -0.408. The smallest absolute Gasteiger partial charge is 0.117 e. The van der Waals surface area contributed by atoms with Crippen LogP contribution >= 0.6 is 0 Å². The van der Waals surface area contributed by atoms with Crippen molar-refractivity contribution in [2.75, 3.05) is 0 Å². The molecule has 0 rings (SSSR count). The Morgan fingerprint density at radius 3 is 2.00 bits per heavy atom. The predicted molar refractivity (Wildman–Crippen MR) is 52.8 cm³/mol. The first-order valence-electron chi connectivity index (χ1n) is 4.86. The second-order valence-electron chi connectivity index (χ2n) is 3.18. The summed E-state index contributed by atoms with van der Waals surface area (Å²) in [5.41, 5.74) is 0. The zero-order valence-electron chi connectivity index (χ0n) is 8.43. The summed E-state index contributed by atoms with van der Waals surface area (Å²) in [5, 5.41) is 9.60. The van der Waals surface area contributed by atoms with Crippen molar-refractivity contribution in [3.63, 3.8) is 0 Å². The summed E-state index contributed by atoms with van der Waals surface area (Å²) in [6.07, 6.45) is 4.03. The Balaban J connectivity index is 3.95. The highest BCUT2D eigenvalue weighted by atomic mass is 16.3. The van der Waals surface area contributed by atoms with Crippen LogP contribution in [0.4, 0.5) is 0 Å². The monoisotopic (exact) mass is 168 g/mol. The van der Waals surface area contributed by atoms with E-state index >= 15 is 0 Å². The van der Waals surface area contributed by atoms with E-state index in [0.717, 1.165) is 25.7 Å². The SMILES string of the molecule is CC#CC(O)C(CCC)CCC. The lowest BCUT2D eigenvalue weighted by molar-refractivity contribution is 0.147. The fourth-order valence-electron chi connectivity index (χ4n) is 1.47. The van der Waals surface area contributed by atoms with Crippen molar-refractivity contribution in [1.82, 2.24) is 0 Å². The summed E-state index contributed by atoms with van der Waals surface area (Å²) >= 11 is 0. The first-order valence-corrected chi connectivity index (χ1v) is 4.86. The lowest BCUT2D eigenvalue weighted by Gasteiger charge is -2.17. The third-order valence-electron chi connectivity index (χ3n) is 2.06. The van der Waals surface area contributed by atoms with E-state index < -0.39 is 6.10 Å². The molecule has 0 fully saturated rings. The van der Waals surface area contributed by atoms with E-state index in [1.54, 1.807) is 6.92 Å². The van der Waals surface area contributed by atoms with Crippen molar-refractivity contribution < 1.29 is 5.11 Å². The first-order chi connectivity index (χ1) is 5.76. The molecule has 1 heteroatoms. The molecule has 0 aliphatic heterocycles. The molecule has 0 spiro atoms. The van der Waals surface area contributed by atoms with Crippen molar-refractivity contribution in [2.45, 2.75) is 52.6 Å². The quantitative estimate of drug-likeness (QED) is 0.626. The van der Waals surface area contributed by atoms with Gasteiger partial charge < -0.3 is 5.11 Å². The van der Waals surface area contributed by atoms with Crippen molar-refractivity contribution in [2.24, 2.45) is 5.92 Å². The Hall–Kier alpha value is -0.480. The number of rotatable bonds is 5. The molecule has 1 atom stereocenters. The lowest BCUT2D eigenvalue weighted by Crippen LogP contribution is -2.18. The maximum atomic E-state index is 9.60. The number of aliphatic hydroxyl groups excluding tert-OH is 1. The van der Waals surface area contributed by atoms with Crippen LogP contribution in [-0.4, -0.2) is 11.2 Å². The zero-order chi connectivity index (χ0) is 9.40. The van der Waals surface area contributed by atoms with Crippen LogP contribution in [0.2, 0.25) is 0 Å². The molecule has 0 aliphatic rings. The van der Waals surface area contributed by atoms with Gasteiger partial charge in [0, 0.05) is 0 Å². The van der Waals surface area contributed by atoms with Gasteiger partial charge in [-0.15, -0.1) is 5.92 Å². The van der Waals surface area contributed by atoms with Crippen LogP contribution in [0.15, 0.2) is 0 Å². The second kappa shape index (κ2) is 7.18. The molecule has 1 nitrogen and oxygen atoms in total. The third kappa shape index (κ3) is 4.41. The molecule has 1 N–H and O–H groups in total. The van der Waals surface area contributed by atoms with Gasteiger partial charge in [-0.2, -0.15) is 0 Å². The Bertz CT molecular complexity index is 146. The van der Waals surface area contributed by atoms with E-state index in [2.05, 4.69) is 25.7 Å². The largest absolute Gasteiger partial charge is 0.380 e. The third-order valence-corrected chi connectivity index (χ3v) is 2.06. The van der Waals surface area contributed by atoms with E-state index in [0.29, 0.717) is 5.92 Å². The molecule has 0 radical (unpaired) electrons. The molecule has 0 heterocycles. The highest BCUT2D eigenvalue weighted by molar-refractivity contribution is 5.03. The fourth-order valence-corrected chi connectivity index (χ4v) is 1.47. The summed E-state index contributed by atoms with van der Waals surface area (Å²) in [5.74, 6) is 5.97. The Morgan fingerprint density at radius 2 is 1.67 bits per heavy atom. The van der Waals surface area contributed by atoms with E-state index in [9.17, 15) is 5.11 Å². The highest BCUT2D eigenvalue weighted by Crippen LogP contribution is 2.17. The van der Waals surface area contributed by atoms with Crippen LogP contribution in [0, 0.1) is 17.8 Å². The molecule has 0 bridgehead atoms. The summed E-state index contributed by atoms with van der Waals surface area (Å²) < 4.78 is 0. The standard InChI is InChI=1S/C11H20O/c1-4-7-10(8-5-2)11(12)9-6-3/h10-12H,4-5,7-8H2,1-3H3. The average molecular weight is 168 g/mol. The molecule has 0 aromatic heterocycles. The van der Waals surface area contributed by atoms with Crippen molar-refractivity contribution >= 4 is 0 Å². The van der Waals surface area contributed by atoms with Gasteiger partial charge in [0.25, 0.3) is 0 Å². The van der Waals surface area contributed by atoms with E-state index in [1.165, 1.54) is 0 Å². The highest BCUT2D eigenvalue weighted by Gasteiger charge is 2.14. The molecule has 0 aliphatic carbocycles. The summed E-state index contributed by atoms with van der Waals surface area (Å²) in [7, 11) is 0. The van der Waals surface area contributed by atoms with Gasteiger partial charge in [-0.1, -0.05) is 32.6 Å². The molecule has 0 amide bonds. The van der Waals surface area contributed by atoms with Gasteiger partial charge in [0.05, 0.1) is 0 Å². The van der Waals surface area contributed by atoms with Gasteiger partial charge in [0.2, 0.25) is 0 Å². The van der Waals surface area contributed by atoms with E-state index in [1.807, 2.05) is 0 Å². The van der Waals surface area contributed by atoms with E-state index in [-0.39, 0.29) is 0 Å². The number of hydrogen-bond acceptors (Lipinski definition) is 1. The molecular formula is C11H20O. The van der Waals surface area contributed by atoms with Crippen molar-refractivity contribution in [3.8, 4) is 11.8 Å². The minimum Gasteiger partial charge on any atom is -0.380 e. The summed E-state index contributed by atoms with van der Waals surface area (Å²) in [6.45, 7) is 6.07. The lowest BCUT2D eigenvalue weighted by atomic mass is 9.93. The van der Waals surface area contributed by atoms with Crippen LogP contribution in [0.3, 0.4) is 0 Å².